The Morgan fingerprint density at radius 2 is 1.92 bits per heavy atom. The van der Waals surface area contributed by atoms with E-state index >= 15 is 0 Å². The van der Waals surface area contributed by atoms with Crippen LogP contribution in [0.1, 0.15) is 21.6 Å². The van der Waals surface area contributed by atoms with Crippen molar-refractivity contribution in [1.82, 2.24) is 24.8 Å². The van der Waals surface area contributed by atoms with Crippen molar-refractivity contribution >= 4 is 50.9 Å². The Kier molecular flexibility index (Phi) is 6.94. The second-order valence-electron chi connectivity index (χ2n) is 8.83. The van der Waals surface area contributed by atoms with Crippen LogP contribution in [0.15, 0.2) is 42.7 Å². The highest BCUT2D eigenvalue weighted by Crippen LogP contribution is 2.36. The molecule has 0 aliphatic carbocycles. The van der Waals surface area contributed by atoms with Gasteiger partial charge < -0.3 is 24.8 Å². The first-order chi connectivity index (χ1) is 17.8. The Hall–Kier alpha value is -3.76. The lowest BCUT2D eigenvalue weighted by atomic mass is 10.1. The molecule has 1 aliphatic rings. The number of piperazine rings is 1. The zero-order valence-corrected chi connectivity index (χ0v) is 22.3. The van der Waals surface area contributed by atoms with E-state index in [-0.39, 0.29) is 28.9 Å². The number of nitriles is 1. The summed E-state index contributed by atoms with van der Waals surface area (Å²) < 4.78 is 21.3. The molecule has 0 unspecified atom stereocenters. The van der Waals surface area contributed by atoms with Crippen molar-refractivity contribution < 1.29 is 13.9 Å². The number of carbonyl (C=O) groups is 1. The van der Waals surface area contributed by atoms with Crippen LogP contribution < -0.4 is 10.1 Å². The molecule has 37 heavy (non-hydrogen) atoms. The number of aromatic amines is 1. The Balaban J connectivity index is 1.36. The van der Waals surface area contributed by atoms with Crippen molar-refractivity contribution in [2.45, 2.75) is 6.92 Å². The second-order valence-corrected chi connectivity index (χ2v) is 9.90. The van der Waals surface area contributed by atoms with Crippen molar-refractivity contribution in [2.75, 3.05) is 38.5 Å². The van der Waals surface area contributed by atoms with Crippen LogP contribution in [-0.4, -0.2) is 63.9 Å². The van der Waals surface area contributed by atoms with Gasteiger partial charge in [0.05, 0.1) is 9.09 Å². The van der Waals surface area contributed by atoms with Gasteiger partial charge in [0, 0.05) is 54.6 Å². The van der Waals surface area contributed by atoms with E-state index in [0.29, 0.717) is 38.8 Å². The second kappa shape index (κ2) is 10.3. The lowest BCUT2D eigenvalue weighted by molar-refractivity contribution is 0.0664. The number of halogens is 2. The quantitative estimate of drug-likeness (QED) is 0.312. The minimum Gasteiger partial charge on any atom is -0.436 e. The van der Waals surface area contributed by atoms with E-state index < -0.39 is 5.82 Å². The SMILES string of the molecule is Cc1cc2c(I)c(Oc3ncnc(Nc4ccc(C(=O)N5CCN(C)CC5)cc4)c3C#N)cc(F)c2[nH]1. The van der Waals surface area contributed by atoms with Crippen LogP contribution in [0.2, 0.25) is 0 Å². The van der Waals surface area contributed by atoms with Crippen molar-refractivity contribution in [1.29, 1.82) is 5.26 Å². The van der Waals surface area contributed by atoms with Crippen LogP contribution in [0.4, 0.5) is 15.9 Å². The van der Waals surface area contributed by atoms with Crippen molar-refractivity contribution in [3.63, 3.8) is 0 Å². The zero-order chi connectivity index (χ0) is 26.1. The number of likely N-dealkylation sites (N-methyl/N-ethyl adjacent to an activating group) is 1. The number of anilines is 2. The van der Waals surface area contributed by atoms with Gasteiger partial charge in [0.15, 0.2) is 17.2 Å². The van der Waals surface area contributed by atoms with Crippen molar-refractivity contribution in [3.8, 4) is 17.7 Å². The third-order valence-corrected chi connectivity index (χ3v) is 7.33. The first kappa shape index (κ1) is 24.9. The molecule has 0 spiro atoms. The minimum absolute atomic E-state index is 0.00536. The lowest BCUT2D eigenvalue weighted by Crippen LogP contribution is -2.47. The van der Waals surface area contributed by atoms with Crippen LogP contribution in [0, 0.1) is 27.6 Å². The van der Waals surface area contributed by atoms with Crippen LogP contribution in [0.3, 0.4) is 0 Å². The summed E-state index contributed by atoms with van der Waals surface area (Å²) in [4.78, 5) is 28.2. The molecule has 11 heteroatoms. The first-order valence-electron chi connectivity index (χ1n) is 11.6. The number of rotatable bonds is 5. The monoisotopic (exact) mass is 611 g/mol. The van der Waals surface area contributed by atoms with Crippen molar-refractivity contribution in [2.24, 2.45) is 0 Å². The maximum atomic E-state index is 14.7. The summed E-state index contributed by atoms with van der Waals surface area (Å²) in [5.41, 5.74) is 2.53. The normalized spacial score (nSPS) is 14.0. The third-order valence-electron chi connectivity index (χ3n) is 6.22. The highest BCUT2D eigenvalue weighted by molar-refractivity contribution is 14.1. The smallest absolute Gasteiger partial charge is 0.253 e. The maximum Gasteiger partial charge on any atom is 0.253 e. The van der Waals surface area contributed by atoms with E-state index in [2.05, 4.69) is 53.8 Å². The number of benzene rings is 2. The predicted octanol–water partition coefficient (Wildman–Crippen LogP) is 4.81. The average molecular weight is 611 g/mol. The number of H-pyrrole nitrogens is 1. The topological polar surface area (TPSA) is 110 Å². The molecule has 0 saturated carbocycles. The van der Waals surface area contributed by atoms with Gasteiger partial charge in [-0.1, -0.05) is 0 Å². The number of amides is 1. The summed E-state index contributed by atoms with van der Waals surface area (Å²) in [7, 11) is 2.04. The summed E-state index contributed by atoms with van der Waals surface area (Å²) in [6.45, 7) is 4.95. The number of nitrogens with zero attached hydrogens (tertiary/aromatic N) is 5. The minimum atomic E-state index is -0.462. The number of hydrogen-bond acceptors (Lipinski definition) is 7. The van der Waals surface area contributed by atoms with Crippen LogP contribution in [0.25, 0.3) is 10.9 Å². The molecule has 1 fully saturated rings. The molecule has 2 aromatic carbocycles. The van der Waals surface area contributed by atoms with E-state index in [9.17, 15) is 14.4 Å². The number of hydrogen-bond donors (Lipinski definition) is 2. The van der Waals surface area contributed by atoms with Gasteiger partial charge in [-0.3, -0.25) is 4.79 Å². The first-order valence-corrected chi connectivity index (χ1v) is 12.7. The Bertz CT molecular complexity index is 1520. The van der Waals surface area contributed by atoms with Gasteiger partial charge in [0.25, 0.3) is 5.91 Å². The number of ether oxygens (including phenoxy) is 1. The average Bonchev–Trinajstić information content (AvgIpc) is 3.30. The van der Waals surface area contributed by atoms with E-state index in [1.165, 1.54) is 12.4 Å². The Morgan fingerprint density at radius 3 is 2.62 bits per heavy atom. The van der Waals surface area contributed by atoms with Crippen LogP contribution >= 0.6 is 22.6 Å². The summed E-state index contributed by atoms with van der Waals surface area (Å²) in [5.74, 6) is 0.0187. The molecule has 2 aromatic heterocycles. The largest absolute Gasteiger partial charge is 0.436 e. The summed E-state index contributed by atoms with van der Waals surface area (Å²) in [5, 5.41) is 13.6. The number of fused-ring (bicyclic) bond motifs is 1. The number of carbonyl (C=O) groups excluding carboxylic acids is 1. The molecule has 1 amide bonds. The molecule has 4 aromatic rings. The van der Waals surface area contributed by atoms with E-state index in [4.69, 9.17) is 4.74 Å². The molecule has 0 atom stereocenters. The molecular formula is C26H23FIN7O2. The van der Waals surface area contributed by atoms with E-state index in [0.717, 1.165) is 18.8 Å². The maximum absolute atomic E-state index is 14.7. The van der Waals surface area contributed by atoms with E-state index in [1.54, 1.807) is 24.3 Å². The van der Waals surface area contributed by atoms with Gasteiger partial charge in [-0.25, -0.2) is 14.4 Å². The van der Waals surface area contributed by atoms with Crippen molar-refractivity contribution in [3.05, 3.63) is 68.9 Å². The number of aromatic nitrogens is 3. The van der Waals surface area contributed by atoms with Gasteiger partial charge in [-0.15, -0.1) is 0 Å². The Labute approximate surface area is 226 Å². The molecule has 2 N–H and O–H groups in total. The molecule has 0 radical (unpaired) electrons. The standard InChI is InChI=1S/C26H23FIN7O2/c1-15-11-18-22(28)21(12-20(27)23(18)32-15)37-25-19(13-29)24(30-14-31-25)33-17-5-3-16(4-6-17)26(36)35-9-7-34(2)8-10-35/h3-6,11-12,14,32H,7-10H2,1-2H3,(H,30,31,33). The lowest BCUT2D eigenvalue weighted by Gasteiger charge is -2.32. The number of nitrogens with one attached hydrogen (secondary N) is 2. The zero-order valence-electron chi connectivity index (χ0n) is 20.2. The molecule has 9 nitrogen and oxygen atoms in total. The van der Waals surface area contributed by atoms with Gasteiger partial charge in [0.1, 0.15) is 18.1 Å². The molecule has 3 heterocycles. The molecule has 1 aliphatic heterocycles. The van der Waals surface area contributed by atoms with E-state index in [1.807, 2.05) is 24.9 Å². The summed E-state index contributed by atoms with van der Waals surface area (Å²) in [6.07, 6.45) is 1.27. The van der Waals surface area contributed by atoms with Crippen LogP contribution in [-0.2, 0) is 0 Å². The highest BCUT2D eigenvalue weighted by Gasteiger charge is 2.21. The van der Waals surface area contributed by atoms with Gasteiger partial charge >= 0.3 is 0 Å². The fourth-order valence-corrected chi connectivity index (χ4v) is 4.87. The summed E-state index contributed by atoms with van der Waals surface area (Å²) in [6, 6.07) is 12.2. The molecular weight excluding hydrogens is 588 g/mol. The Morgan fingerprint density at radius 1 is 1.19 bits per heavy atom. The molecule has 1 saturated heterocycles. The fourth-order valence-electron chi connectivity index (χ4n) is 4.18. The molecule has 188 valence electrons. The third kappa shape index (κ3) is 5.07. The van der Waals surface area contributed by atoms with Crippen LogP contribution in [0.5, 0.6) is 11.6 Å². The molecule has 5 rings (SSSR count). The summed E-state index contributed by atoms with van der Waals surface area (Å²) >= 11 is 2.08. The highest BCUT2D eigenvalue weighted by atomic mass is 127. The molecule has 0 bridgehead atoms. The predicted molar refractivity (Wildman–Crippen MR) is 146 cm³/mol. The van der Waals surface area contributed by atoms with Gasteiger partial charge in [-0.2, -0.15) is 5.26 Å². The van der Waals surface area contributed by atoms with Gasteiger partial charge in [0.2, 0.25) is 5.88 Å². The fraction of sp³-hybridized carbons (Fsp3) is 0.231. The van der Waals surface area contributed by atoms with Gasteiger partial charge in [-0.05, 0) is 66.9 Å². The number of aryl methyl sites for hydroxylation is 1.